The van der Waals surface area contributed by atoms with Crippen LogP contribution in [0.1, 0.15) is 35.8 Å². The summed E-state index contributed by atoms with van der Waals surface area (Å²) in [6.07, 6.45) is 0. The summed E-state index contributed by atoms with van der Waals surface area (Å²) in [6.45, 7) is 5.99. The van der Waals surface area contributed by atoms with Gasteiger partial charge < -0.3 is 15.0 Å². The number of hydrogen-bond acceptors (Lipinski definition) is 5. The number of aryl methyl sites for hydroxylation is 2. The molecule has 0 aliphatic carbocycles. The Labute approximate surface area is 106 Å². The third-order valence-electron chi connectivity index (χ3n) is 2.65. The summed E-state index contributed by atoms with van der Waals surface area (Å²) in [5, 5.41) is 3.71. The molecule has 0 bridgehead atoms. The fourth-order valence-electron chi connectivity index (χ4n) is 1.66. The van der Waals surface area contributed by atoms with Gasteiger partial charge in [-0.2, -0.15) is 4.98 Å². The maximum Gasteiger partial charge on any atom is 0.264 e. The van der Waals surface area contributed by atoms with Crippen LogP contribution in [0, 0.1) is 13.8 Å². The molecule has 2 rings (SSSR count). The first-order chi connectivity index (χ1) is 8.56. The second-order valence-corrected chi connectivity index (χ2v) is 4.34. The van der Waals surface area contributed by atoms with Crippen LogP contribution in [0.3, 0.4) is 0 Å². The minimum atomic E-state index is 0.0244. The Balaban J connectivity index is 2.05. The van der Waals surface area contributed by atoms with Gasteiger partial charge >= 0.3 is 0 Å². The molecule has 0 radical (unpaired) electrons. The van der Waals surface area contributed by atoms with Crippen LogP contribution in [-0.2, 0) is 6.61 Å². The highest BCUT2D eigenvalue weighted by Crippen LogP contribution is 2.22. The summed E-state index contributed by atoms with van der Waals surface area (Å²) in [5.74, 6) is 1.89. The van der Waals surface area contributed by atoms with Crippen LogP contribution >= 0.6 is 0 Å². The van der Waals surface area contributed by atoms with Crippen molar-refractivity contribution in [1.82, 2.24) is 10.1 Å². The van der Waals surface area contributed by atoms with Gasteiger partial charge in [0, 0.05) is 6.04 Å². The fraction of sp³-hybridized carbons (Fsp3) is 0.385. The number of rotatable bonds is 4. The average Bonchev–Trinajstić information content (AvgIpc) is 2.73. The Hall–Kier alpha value is -1.88. The predicted octanol–water partition coefficient (Wildman–Crippen LogP) is 2.29. The highest BCUT2D eigenvalue weighted by Gasteiger charge is 2.07. The molecule has 1 heterocycles. The van der Waals surface area contributed by atoms with E-state index in [0.717, 1.165) is 16.9 Å². The molecule has 0 spiro atoms. The van der Waals surface area contributed by atoms with E-state index in [9.17, 15) is 0 Å². The largest absolute Gasteiger partial charge is 0.483 e. The van der Waals surface area contributed by atoms with Gasteiger partial charge in [-0.15, -0.1) is 0 Å². The van der Waals surface area contributed by atoms with E-state index >= 15 is 0 Å². The van der Waals surface area contributed by atoms with Crippen molar-refractivity contribution in [1.29, 1.82) is 0 Å². The van der Waals surface area contributed by atoms with E-state index in [1.807, 2.05) is 32.0 Å². The highest BCUT2D eigenvalue weighted by atomic mass is 16.5. The number of ether oxygens (including phenoxy) is 1. The lowest BCUT2D eigenvalue weighted by atomic mass is 10.1. The monoisotopic (exact) mass is 247 g/mol. The maximum atomic E-state index is 5.83. The lowest BCUT2D eigenvalue weighted by molar-refractivity contribution is 0.241. The Morgan fingerprint density at radius 2 is 2.17 bits per heavy atom. The molecular weight excluding hydrogens is 230 g/mol. The van der Waals surface area contributed by atoms with Gasteiger partial charge in [0.15, 0.2) is 12.4 Å². The van der Waals surface area contributed by atoms with Gasteiger partial charge in [0.1, 0.15) is 5.75 Å². The molecule has 1 aromatic carbocycles. The van der Waals surface area contributed by atoms with Gasteiger partial charge in [-0.1, -0.05) is 17.3 Å². The maximum absolute atomic E-state index is 5.83. The molecule has 1 aromatic heterocycles. The van der Waals surface area contributed by atoms with E-state index in [1.54, 1.807) is 6.92 Å². The molecule has 0 saturated heterocycles. The Bertz CT molecular complexity index is 535. The van der Waals surface area contributed by atoms with Crippen LogP contribution in [0.5, 0.6) is 5.75 Å². The molecule has 2 N–H and O–H groups in total. The van der Waals surface area contributed by atoms with E-state index in [0.29, 0.717) is 11.7 Å². The lowest BCUT2D eigenvalue weighted by Gasteiger charge is -2.11. The van der Waals surface area contributed by atoms with Crippen molar-refractivity contribution in [3.05, 3.63) is 41.0 Å². The highest BCUT2D eigenvalue weighted by molar-refractivity contribution is 5.37. The quantitative estimate of drug-likeness (QED) is 0.897. The molecule has 0 saturated carbocycles. The van der Waals surface area contributed by atoms with E-state index in [2.05, 4.69) is 10.1 Å². The molecule has 0 amide bonds. The number of benzene rings is 1. The van der Waals surface area contributed by atoms with E-state index < -0.39 is 0 Å². The van der Waals surface area contributed by atoms with E-state index in [1.165, 1.54) is 0 Å². The van der Waals surface area contributed by atoms with Gasteiger partial charge in [0.2, 0.25) is 0 Å². The molecule has 0 aliphatic rings. The van der Waals surface area contributed by atoms with Crippen molar-refractivity contribution in [2.75, 3.05) is 0 Å². The number of aromatic nitrogens is 2. The molecular formula is C13H17N3O2. The van der Waals surface area contributed by atoms with Gasteiger partial charge in [-0.3, -0.25) is 0 Å². The first kappa shape index (κ1) is 12.6. The second-order valence-electron chi connectivity index (χ2n) is 4.34. The van der Waals surface area contributed by atoms with Crippen molar-refractivity contribution in [3.8, 4) is 5.75 Å². The molecule has 1 unspecified atom stereocenters. The first-order valence-corrected chi connectivity index (χ1v) is 5.84. The summed E-state index contributed by atoms with van der Waals surface area (Å²) in [5.41, 5.74) is 7.96. The predicted molar refractivity (Wildman–Crippen MR) is 67.1 cm³/mol. The van der Waals surface area contributed by atoms with Crippen molar-refractivity contribution >= 4 is 0 Å². The van der Waals surface area contributed by atoms with Gasteiger partial charge in [0.25, 0.3) is 5.89 Å². The van der Waals surface area contributed by atoms with Crippen LogP contribution in [0.15, 0.2) is 22.7 Å². The normalized spacial score (nSPS) is 12.4. The fourth-order valence-corrected chi connectivity index (χ4v) is 1.66. The average molecular weight is 247 g/mol. The summed E-state index contributed by atoms with van der Waals surface area (Å²) in [4.78, 5) is 4.08. The third-order valence-corrected chi connectivity index (χ3v) is 2.65. The van der Waals surface area contributed by atoms with Crippen LogP contribution < -0.4 is 10.5 Å². The molecule has 0 aliphatic heterocycles. The SMILES string of the molecule is Cc1noc(COc2ccc(C(C)N)cc2C)n1. The van der Waals surface area contributed by atoms with Gasteiger partial charge in [0.05, 0.1) is 0 Å². The third kappa shape index (κ3) is 2.87. The van der Waals surface area contributed by atoms with Crippen LogP contribution in [0.2, 0.25) is 0 Å². The summed E-state index contributed by atoms with van der Waals surface area (Å²) < 4.78 is 10.6. The number of hydrogen-bond donors (Lipinski definition) is 1. The number of nitrogens with two attached hydrogens (primary N) is 1. The summed E-state index contributed by atoms with van der Waals surface area (Å²) in [6, 6.07) is 5.93. The zero-order valence-corrected chi connectivity index (χ0v) is 10.8. The molecule has 1 atom stereocenters. The van der Waals surface area contributed by atoms with Gasteiger partial charge in [-0.05, 0) is 38.0 Å². The van der Waals surface area contributed by atoms with Crippen molar-refractivity contribution in [2.24, 2.45) is 5.73 Å². The number of nitrogens with zero attached hydrogens (tertiary/aromatic N) is 2. The van der Waals surface area contributed by atoms with Crippen LogP contribution in [-0.4, -0.2) is 10.1 Å². The van der Waals surface area contributed by atoms with E-state index in [-0.39, 0.29) is 12.6 Å². The molecule has 18 heavy (non-hydrogen) atoms. The molecule has 2 aromatic rings. The van der Waals surface area contributed by atoms with Crippen molar-refractivity contribution < 1.29 is 9.26 Å². The van der Waals surface area contributed by atoms with Crippen LogP contribution in [0.25, 0.3) is 0 Å². The zero-order valence-electron chi connectivity index (χ0n) is 10.8. The van der Waals surface area contributed by atoms with Crippen LogP contribution in [0.4, 0.5) is 0 Å². The van der Waals surface area contributed by atoms with Crippen molar-refractivity contribution in [3.63, 3.8) is 0 Å². The minimum absolute atomic E-state index is 0.0244. The van der Waals surface area contributed by atoms with E-state index in [4.69, 9.17) is 15.0 Å². The first-order valence-electron chi connectivity index (χ1n) is 5.84. The topological polar surface area (TPSA) is 74.2 Å². The minimum Gasteiger partial charge on any atom is -0.483 e. The summed E-state index contributed by atoms with van der Waals surface area (Å²) >= 11 is 0. The molecule has 5 nitrogen and oxygen atoms in total. The van der Waals surface area contributed by atoms with Crippen molar-refractivity contribution in [2.45, 2.75) is 33.4 Å². The van der Waals surface area contributed by atoms with Gasteiger partial charge in [-0.25, -0.2) is 0 Å². The Morgan fingerprint density at radius 3 is 2.72 bits per heavy atom. The smallest absolute Gasteiger partial charge is 0.264 e. The standard InChI is InChI=1S/C13H17N3O2/c1-8-6-11(9(2)14)4-5-12(8)17-7-13-15-10(3)16-18-13/h4-6,9H,7,14H2,1-3H3. The molecule has 5 heteroatoms. The Morgan fingerprint density at radius 1 is 1.39 bits per heavy atom. The summed E-state index contributed by atoms with van der Waals surface area (Å²) in [7, 11) is 0. The lowest BCUT2D eigenvalue weighted by Crippen LogP contribution is -2.05. The Kier molecular flexibility index (Phi) is 3.62. The molecule has 96 valence electrons. The zero-order chi connectivity index (χ0) is 13.1. The second kappa shape index (κ2) is 5.18. The molecule has 0 fully saturated rings.